The van der Waals surface area contributed by atoms with Crippen LogP contribution >= 0.6 is 27.5 Å². The van der Waals surface area contributed by atoms with Crippen LogP contribution in [0, 0.1) is 5.92 Å². The first-order valence-electron chi connectivity index (χ1n) is 8.94. The van der Waals surface area contributed by atoms with E-state index >= 15 is 0 Å². The summed E-state index contributed by atoms with van der Waals surface area (Å²) in [4.78, 5) is 4.00. The second-order valence-corrected chi connectivity index (χ2v) is 8.36. The topological polar surface area (TPSA) is 22.2 Å². The Balaban J connectivity index is 2.01. The van der Waals surface area contributed by atoms with E-state index in [1.165, 1.54) is 9.97 Å². The summed E-state index contributed by atoms with van der Waals surface area (Å²) in [7, 11) is 0. The Morgan fingerprint density at radius 3 is 2.50 bits per heavy atom. The van der Waals surface area contributed by atoms with Crippen molar-refractivity contribution in [2.45, 2.75) is 38.4 Å². The van der Waals surface area contributed by atoms with E-state index in [0.29, 0.717) is 17.9 Å². The summed E-state index contributed by atoms with van der Waals surface area (Å²) in [5, 5.41) is 0. The number of fused-ring (bicyclic) bond motifs is 3. The standard InChI is InChI=1S/C20H18BrClF3N3/c1-11(2)12-7-8-14(13(21)9-12)27-15-5-3-4-6-16(15)28-17(10-22)18(20(23,24)25)26-19(27)28/h3-7,9,11,14H,8,10H2,1-2H3. The molecule has 0 radical (unpaired) electrons. The summed E-state index contributed by atoms with van der Waals surface area (Å²) in [5.74, 6) is 0.352. The Morgan fingerprint density at radius 2 is 1.93 bits per heavy atom. The first kappa shape index (κ1) is 19.6. The molecule has 4 rings (SSSR count). The second kappa shape index (κ2) is 6.95. The number of imidazole rings is 2. The van der Waals surface area contributed by atoms with Crippen LogP contribution in [-0.4, -0.2) is 14.0 Å². The molecule has 0 saturated carbocycles. The SMILES string of the molecule is CC(C)C1=CCC(n2c3ccccc3n3c(CCl)c(C(F)(F)F)nc23)C(Br)=C1. The minimum absolute atomic E-state index is 0.0339. The molecule has 2 heterocycles. The summed E-state index contributed by atoms with van der Waals surface area (Å²) in [5.41, 5.74) is 1.73. The van der Waals surface area contributed by atoms with Crippen LogP contribution in [-0.2, 0) is 12.1 Å². The Morgan fingerprint density at radius 1 is 1.25 bits per heavy atom. The first-order valence-corrected chi connectivity index (χ1v) is 10.3. The fourth-order valence-corrected chi connectivity index (χ4v) is 4.69. The van der Waals surface area contributed by atoms with Crippen LogP contribution in [0.15, 0.2) is 46.5 Å². The normalized spacial score (nSPS) is 18.2. The minimum atomic E-state index is -4.56. The third-order valence-corrected chi connectivity index (χ3v) is 6.14. The van der Waals surface area contributed by atoms with Gasteiger partial charge in [-0.1, -0.05) is 48.0 Å². The van der Waals surface area contributed by atoms with Crippen LogP contribution < -0.4 is 0 Å². The zero-order valence-electron chi connectivity index (χ0n) is 15.3. The molecule has 0 aliphatic heterocycles. The molecular weight excluding hydrogens is 455 g/mol. The van der Waals surface area contributed by atoms with E-state index in [0.717, 1.165) is 10.00 Å². The van der Waals surface area contributed by atoms with Gasteiger partial charge < -0.3 is 4.57 Å². The van der Waals surface area contributed by atoms with E-state index < -0.39 is 11.9 Å². The predicted molar refractivity (Wildman–Crippen MR) is 109 cm³/mol. The lowest BCUT2D eigenvalue weighted by Gasteiger charge is -2.24. The van der Waals surface area contributed by atoms with E-state index in [4.69, 9.17) is 11.6 Å². The van der Waals surface area contributed by atoms with Crippen LogP contribution in [0.5, 0.6) is 0 Å². The number of alkyl halides is 4. The molecule has 0 bridgehead atoms. The van der Waals surface area contributed by atoms with Crippen LogP contribution in [0.1, 0.15) is 37.7 Å². The number of rotatable bonds is 3. The smallest absolute Gasteiger partial charge is 0.301 e. The van der Waals surface area contributed by atoms with E-state index in [1.54, 1.807) is 12.1 Å². The van der Waals surface area contributed by atoms with Gasteiger partial charge in [-0.25, -0.2) is 4.98 Å². The molecular formula is C20H18BrClF3N3. The number of para-hydroxylation sites is 2. The lowest BCUT2D eigenvalue weighted by Crippen LogP contribution is -2.13. The van der Waals surface area contributed by atoms with E-state index in [2.05, 4.69) is 46.9 Å². The van der Waals surface area contributed by atoms with Crippen LogP contribution in [0.3, 0.4) is 0 Å². The van der Waals surface area contributed by atoms with E-state index in [9.17, 15) is 13.2 Å². The number of aromatic nitrogens is 3. The molecule has 1 aliphatic rings. The molecule has 1 atom stereocenters. The van der Waals surface area contributed by atoms with Gasteiger partial charge >= 0.3 is 6.18 Å². The van der Waals surface area contributed by atoms with Gasteiger partial charge in [0.25, 0.3) is 0 Å². The molecule has 3 aromatic rings. The summed E-state index contributed by atoms with van der Waals surface area (Å²) < 4.78 is 45.0. The monoisotopic (exact) mass is 471 g/mol. The highest BCUT2D eigenvalue weighted by atomic mass is 79.9. The van der Waals surface area contributed by atoms with Crippen LogP contribution in [0.2, 0.25) is 0 Å². The number of halogens is 5. The van der Waals surface area contributed by atoms with Gasteiger partial charge in [-0.3, -0.25) is 4.40 Å². The van der Waals surface area contributed by atoms with Crippen molar-refractivity contribution in [2.75, 3.05) is 0 Å². The average Bonchev–Trinajstić information content (AvgIpc) is 3.16. The van der Waals surface area contributed by atoms with Gasteiger partial charge in [0.1, 0.15) is 0 Å². The third-order valence-electron chi connectivity index (χ3n) is 5.13. The molecule has 0 amide bonds. The fourth-order valence-electron chi connectivity index (χ4n) is 3.78. The van der Waals surface area contributed by atoms with Gasteiger partial charge in [0.05, 0.1) is 28.6 Å². The van der Waals surface area contributed by atoms with Crippen molar-refractivity contribution in [2.24, 2.45) is 5.92 Å². The molecule has 8 heteroatoms. The van der Waals surface area contributed by atoms with E-state index in [1.807, 2.05) is 16.7 Å². The predicted octanol–water partition coefficient (Wildman–Crippen LogP) is 6.85. The quantitative estimate of drug-likeness (QED) is 0.382. The van der Waals surface area contributed by atoms with Crippen LogP contribution in [0.4, 0.5) is 13.2 Å². The molecule has 0 N–H and O–H groups in total. The number of hydrogen-bond acceptors (Lipinski definition) is 1. The van der Waals surface area contributed by atoms with Crippen molar-refractivity contribution in [3.8, 4) is 0 Å². The number of benzene rings is 1. The molecule has 1 aromatic carbocycles. The Labute approximate surface area is 173 Å². The van der Waals surface area contributed by atoms with E-state index in [-0.39, 0.29) is 23.4 Å². The highest BCUT2D eigenvalue weighted by Crippen LogP contribution is 2.41. The maximum absolute atomic E-state index is 13.6. The van der Waals surface area contributed by atoms with Gasteiger partial charge in [0.15, 0.2) is 5.69 Å². The Hall–Kier alpha value is -1.73. The van der Waals surface area contributed by atoms with Crippen molar-refractivity contribution < 1.29 is 13.2 Å². The lowest BCUT2D eigenvalue weighted by molar-refractivity contribution is -0.141. The summed E-state index contributed by atoms with van der Waals surface area (Å²) in [6.45, 7) is 4.23. The van der Waals surface area contributed by atoms with Gasteiger partial charge in [0.2, 0.25) is 5.78 Å². The highest BCUT2D eigenvalue weighted by molar-refractivity contribution is 9.11. The summed E-state index contributed by atoms with van der Waals surface area (Å²) in [6, 6.07) is 7.21. The third kappa shape index (κ3) is 2.99. The lowest BCUT2D eigenvalue weighted by atomic mass is 9.95. The molecule has 3 nitrogen and oxygen atoms in total. The number of hydrogen-bond donors (Lipinski definition) is 0. The average molecular weight is 473 g/mol. The fraction of sp³-hybridized carbons (Fsp3) is 0.350. The largest absolute Gasteiger partial charge is 0.435 e. The molecule has 28 heavy (non-hydrogen) atoms. The Kier molecular flexibility index (Phi) is 4.86. The number of nitrogens with zero attached hydrogens (tertiary/aromatic N) is 3. The Bertz CT molecular complexity index is 1120. The molecule has 1 unspecified atom stereocenters. The number of allylic oxidation sites excluding steroid dienone is 4. The summed E-state index contributed by atoms with van der Waals surface area (Å²) >= 11 is 9.59. The van der Waals surface area contributed by atoms with Crippen molar-refractivity contribution in [1.82, 2.24) is 14.0 Å². The second-order valence-electron chi connectivity index (χ2n) is 7.17. The molecule has 0 saturated heterocycles. The van der Waals surface area contributed by atoms with Crippen molar-refractivity contribution in [3.63, 3.8) is 0 Å². The highest BCUT2D eigenvalue weighted by Gasteiger charge is 2.39. The first-order chi connectivity index (χ1) is 13.2. The van der Waals surface area contributed by atoms with Gasteiger partial charge in [-0.2, -0.15) is 13.2 Å². The zero-order valence-corrected chi connectivity index (χ0v) is 17.6. The van der Waals surface area contributed by atoms with Crippen molar-refractivity contribution in [3.05, 3.63) is 57.9 Å². The summed E-state index contributed by atoms with van der Waals surface area (Å²) in [6.07, 6.45) is 0.303. The van der Waals surface area contributed by atoms with Gasteiger partial charge in [0, 0.05) is 4.48 Å². The maximum atomic E-state index is 13.6. The van der Waals surface area contributed by atoms with Crippen molar-refractivity contribution >= 4 is 44.3 Å². The molecule has 1 aliphatic carbocycles. The molecule has 0 spiro atoms. The van der Waals surface area contributed by atoms with Gasteiger partial charge in [-0.15, -0.1) is 11.6 Å². The maximum Gasteiger partial charge on any atom is 0.435 e. The van der Waals surface area contributed by atoms with Crippen LogP contribution in [0.25, 0.3) is 16.8 Å². The molecule has 148 valence electrons. The molecule has 2 aromatic heterocycles. The van der Waals surface area contributed by atoms with Gasteiger partial charge in [-0.05, 0) is 36.1 Å². The zero-order chi connectivity index (χ0) is 20.2. The molecule has 0 fully saturated rings. The van der Waals surface area contributed by atoms with Crippen molar-refractivity contribution in [1.29, 1.82) is 0 Å². The minimum Gasteiger partial charge on any atom is -0.301 e.